The molecule has 0 saturated heterocycles. The lowest BCUT2D eigenvalue weighted by atomic mass is 10.1. The number of carbonyl (C=O) groups excluding carboxylic acids is 1. The molecule has 23 heavy (non-hydrogen) atoms. The number of nitrogens with zero attached hydrogens (tertiary/aromatic N) is 2. The topological polar surface area (TPSA) is 56.1 Å². The Morgan fingerprint density at radius 3 is 2.70 bits per heavy atom. The van der Waals surface area contributed by atoms with Crippen LogP contribution < -0.4 is 5.32 Å². The average molecular weight is 311 g/mol. The van der Waals surface area contributed by atoms with E-state index in [0.29, 0.717) is 29.8 Å². The predicted octanol–water partition coefficient (Wildman–Crippen LogP) is 3.05. The number of benzene rings is 2. The number of halogens is 1. The van der Waals surface area contributed by atoms with Gasteiger partial charge in [-0.1, -0.05) is 12.1 Å². The van der Waals surface area contributed by atoms with Gasteiger partial charge in [-0.05, 0) is 42.3 Å². The Labute approximate surface area is 135 Å². The van der Waals surface area contributed by atoms with Gasteiger partial charge in [0.1, 0.15) is 5.82 Å². The lowest BCUT2D eigenvalue weighted by molar-refractivity contribution is 0.0827. The fraction of sp³-hybridized carbons (Fsp3) is 0.222. The molecule has 0 aliphatic heterocycles. The van der Waals surface area contributed by atoms with Crippen molar-refractivity contribution in [2.45, 2.75) is 6.42 Å². The summed E-state index contributed by atoms with van der Waals surface area (Å²) in [6.07, 6.45) is 0.661. The molecule has 0 heterocycles. The Morgan fingerprint density at radius 1 is 1.26 bits per heavy atom. The van der Waals surface area contributed by atoms with Gasteiger partial charge < -0.3 is 10.2 Å². The summed E-state index contributed by atoms with van der Waals surface area (Å²) in [4.78, 5) is 13.5. The molecule has 2 aromatic carbocycles. The quantitative estimate of drug-likeness (QED) is 0.923. The van der Waals surface area contributed by atoms with Crippen molar-refractivity contribution in [3.8, 4) is 6.07 Å². The molecule has 0 bridgehead atoms. The highest BCUT2D eigenvalue weighted by atomic mass is 19.1. The van der Waals surface area contributed by atoms with Gasteiger partial charge in [-0.3, -0.25) is 4.79 Å². The van der Waals surface area contributed by atoms with Gasteiger partial charge in [0.25, 0.3) is 5.91 Å². The molecule has 0 aromatic heterocycles. The van der Waals surface area contributed by atoms with Gasteiger partial charge in [0.2, 0.25) is 0 Å². The summed E-state index contributed by atoms with van der Waals surface area (Å²) in [5, 5.41) is 11.7. The van der Waals surface area contributed by atoms with Crippen LogP contribution in [0.15, 0.2) is 42.5 Å². The third kappa shape index (κ3) is 4.30. The molecule has 0 unspecified atom stereocenters. The first kappa shape index (κ1) is 16.5. The second kappa shape index (κ2) is 7.41. The normalized spacial score (nSPS) is 10.0. The van der Waals surface area contributed by atoms with E-state index in [1.165, 1.54) is 11.0 Å². The molecule has 5 heteroatoms. The number of carbonyl (C=O) groups is 1. The molecule has 2 rings (SSSR count). The van der Waals surface area contributed by atoms with E-state index < -0.39 is 5.82 Å². The largest absolute Gasteiger partial charge is 0.382 e. The molecule has 4 nitrogen and oxygen atoms in total. The highest BCUT2D eigenvalue weighted by molar-refractivity contribution is 5.94. The SMILES string of the molecule is CN(C)C(=O)c1cccc(CCNc2ccc(C#N)cc2F)c1. The first-order chi connectivity index (χ1) is 11.0. The minimum absolute atomic E-state index is 0.0436. The van der Waals surface area contributed by atoms with Crippen LogP contribution in [0.4, 0.5) is 10.1 Å². The van der Waals surface area contributed by atoms with Gasteiger partial charge in [0.05, 0.1) is 17.3 Å². The lowest BCUT2D eigenvalue weighted by Gasteiger charge is -2.12. The maximum Gasteiger partial charge on any atom is 0.253 e. The van der Waals surface area contributed by atoms with E-state index in [1.807, 2.05) is 24.3 Å². The first-order valence-electron chi connectivity index (χ1n) is 7.25. The summed E-state index contributed by atoms with van der Waals surface area (Å²) in [5.74, 6) is -0.487. The third-order valence-corrected chi connectivity index (χ3v) is 3.41. The standard InChI is InChI=1S/C18H18FN3O/c1-22(2)18(23)15-5-3-4-13(10-15)8-9-21-17-7-6-14(12-20)11-16(17)19/h3-7,10-11,21H,8-9H2,1-2H3. The van der Waals surface area contributed by atoms with Crippen molar-refractivity contribution < 1.29 is 9.18 Å². The second-order valence-electron chi connectivity index (χ2n) is 5.38. The number of amides is 1. The summed E-state index contributed by atoms with van der Waals surface area (Å²) in [5.41, 5.74) is 2.30. The molecule has 0 spiro atoms. The minimum Gasteiger partial charge on any atom is -0.382 e. The van der Waals surface area contributed by atoms with E-state index in [1.54, 1.807) is 32.3 Å². The van der Waals surface area contributed by atoms with Crippen LogP contribution in [0.25, 0.3) is 0 Å². The lowest BCUT2D eigenvalue weighted by Crippen LogP contribution is -2.21. The molecular weight excluding hydrogens is 293 g/mol. The smallest absolute Gasteiger partial charge is 0.253 e. The van der Waals surface area contributed by atoms with Crippen molar-refractivity contribution >= 4 is 11.6 Å². The highest BCUT2D eigenvalue weighted by Crippen LogP contribution is 2.15. The van der Waals surface area contributed by atoms with Gasteiger partial charge in [-0.2, -0.15) is 5.26 Å². The Hall–Kier alpha value is -2.87. The van der Waals surface area contributed by atoms with Gasteiger partial charge >= 0.3 is 0 Å². The average Bonchev–Trinajstić information content (AvgIpc) is 2.55. The van der Waals surface area contributed by atoms with Crippen LogP contribution in [0, 0.1) is 17.1 Å². The number of rotatable bonds is 5. The Morgan fingerprint density at radius 2 is 2.04 bits per heavy atom. The van der Waals surface area contributed by atoms with Crippen LogP contribution in [-0.4, -0.2) is 31.4 Å². The van der Waals surface area contributed by atoms with Crippen molar-refractivity contribution in [3.05, 3.63) is 65.0 Å². The first-order valence-corrected chi connectivity index (χ1v) is 7.25. The van der Waals surface area contributed by atoms with Crippen molar-refractivity contribution in [2.75, 3.05) is 26.0 Å². The fourth-order valence-corrected chi connectivity index (χ4v) is 2.19. The molecule has 118 valence electrons. The van der Waals surface area contributed by atoms with E-state index >= 15 is 0 Å². The van der Waals surface area contributed by atoms with Crippen molar-refractivity contribution in [1.29, 1.82) is 5.26 Å². The van der Waals surface area contributed by atoms with Crippen molar-refractivity contribution in [2.24, 2.45) is 0 Å². The highest BCUT2D eigenvalue weighted by Gasteiger charge is 2.08. The summed E-state index contributed by atoms with van der Waals surface area (Å²) in [6.45, 7) is 0.530. The van der Waals surface area contributed by atoms with Gasteiger partial charge in [0.15, 0.2) is 0 Å². The number of nitrogens with one attached hydrogen (secondary N) is 1. The Balaban J connectivity index is 1.98. The zero-order valence-electron chi connectivity index (χ0n) is 13.1. The summed E-state index contributed by atoms with van der Waals surface area (Å²) in [7, 11) is 3.43. The van der Waals surface area contributed by atoms with Crippen LogP contribution in [0.3, 0.4) is 0 Å². The number of anilines is 1. The van der Waals surface area contributed by atoms with E-state index in [2.05, 4.69) is 5.32 Å². The molecule has 1 N–H and O–H groups in total. The molecule has 1 amide bonds. The van der Waals surface area contributed by atoms with Crippen LogP contribution in [0.5, 0.6) is 0 Å². The zero-order valence-corrected chi connectivity index (χ0v) is 13.1. The van der Waals surface area contributed by atoms with Crippen LogP contribution in [-0.2, 0) is 6.42 Å². The van der Waals surface area contributed by atoms with Crippen LogP contribution in [0.2, 0.25) is 0 Å². The zero-order chi connectivity index (χ0) is 16.8. The van der Waals surface area contributed by atoms with Crippen LogP contribution >= 0.6 is 0 Å². The monoisotopic (exact) mass is 311 g/mol. The summed E-state index contributed by atoms with van der Waals surface area (Å²) in [6, 6.07) is 13.6. The number of nitriles is 1. The molecule has 0 aliphatic rings. The number of hydrogen-bond donors (Lipinski definition) is 1. The summed E-state index contributed by atoms with van der Waals surface area (Å²) >= 11 is 0. The van der Waals surface area contributed by atoms with E-state index in [0.717, 1.165) is 5.56 Å². The van der Waals surface area contributed by atoms with Gasteiger partial charge in [-0.25, -0.2) is 4.39 Å². The third-order valence-electron chi connectivity index (χ3n) is 3.41. The van der Waals surface area contributed by atoms with Gasteiger partial charge in [0, 0.05) is 26.2 Å². The van der Waals surface area contributed by atoms with Gasteiger partial charge in [-0.15, -0.1) is 0 Å². The number of hydrogen-bond acceptors (Lipinski definition) is 3. The van der Waals surface area contributed by atoms with Crippen LogP contribution in [0.1, 0.15) is 21.5 Å². The second-order valence-corrected chi connectivity index (χ2v) is 5.38. The maximum absolute atomic E-state index is 13.8. The van der Waals surface area contributed by atoms with E-state index in [9.17, 15) is 9.18 Å². The Bertz CT molecular complexity index is 750. The molecule has 0 fully saturated rings. The predicted molar refractivity (Wildman–Crippen MR) is 87.8 cm³/mol. The van der Waals surface area contributed by atoms with Crippen molar-refractivity contribution in [3.63, 3.8) is 0 Å². The Kier molecular flexibility index (Phi) is 5.32. The van der Waals surface area contributed by atoms with Crippen molar-refractivity contribution in [1.82, 2.24) is 4.90 Å². The maximum atomic E-state index is 13.8. The molecule has 0 atom stereocenters. The molecule has 0 radical (unpaired) electrons. The summed E-state index contributed by atoms with van der Waals surface area (Å²) < 4.78 is 13.8. The molecule has 0 saturated carbocycles. The molecule has 2 aromatic rings. The molecule has 0 aliphatic carbocycles. The fourth-order valence-electron chi connectivity index (χ4n) is 2.19. The minimum atomic E-state index is -0.444. The van der Waals surface area contributed by atoms with E-state index in [-0.39, 0.29) is 5.91 Å². The van der Waals surface area contributed by atoms with E-state index in [4.69, 9.17) is 5.26 Å². The molecular formula is C18H18FN3O.